The third-order valence-electron chi connectivity index (χ3n) is 3.04. The summed E-state index contributed by atoms with van der Waals surface area (Å²) in [5, 5.41) is 0.620. The van der Waals surface area contributed by atoms with Crippen molar-refractivity contribution < 1.29 is 17.2 Å². The highest BCUT2D eigenvalue weighted by Crippen LogP contribution is 2.22. The van der Waals surface area contributed by atoms with Crippen LogP contribution in [0.3, 0.4) is 0 Å². The number of nitrogens with zero attached hydrogens (tertiary/aromatic N) is 1. The lowest BCUT2D eigenvalue weighted by atomic mass is 10.2. The van der Waals surface area contributed by atoms with Gasteiger partial charge in [-0.05, 0) is 25.5 Å². The molecule has 0 spiro atoms. The van der Waals surface area contributed by atoms with Crippen LogP contribution < -0.4 is 4.72 Å². The molecule has 2 rings (SSSR count). The lowest BCUT2D eigenvalue weighted by Gasteiger charge is -2.12. The van der Waals surface area contributed by atoms with Gasteiger partial charge in [-0.2, -0.15) is 0 Å². The maximum atomic E-state index is 13.5. The van der Waals surface area contributed by atoms with E-state index in [0.717, 1.165) is 23.4 Å². The first kappa shape index (κ1) is 17.0. The Morgan fingerprint density at radius 1 is 1.32 bits per heavy atom. The van der Waals surface area contributed by atoms with Gasteiger partial charge in [-0.25, -0.2) is 26.9 Å². The standard InChI is InChI=1S/C14H16F2N2O2S2/c1-3-10-7-17-14(21-10)9(2)18-22(19,20)8-11-12(15)5-4-6-13(11)16/h4-7,9,18H,3,8H2,1-2H3. The van der Waals surface area contributed by atoms with Gasteiger partial charge in [-0.3, -0.25) is 0 Å². The molecule has 22 heavy (non-hydrogen) atoms. The molecule has 1 aromatic carbocycles. The van der Waals surface area contributed by atoms with Crippen LogP contribution in [0, 0.1) is 11.6 Å². The van der Waals surface area contributed by atoms with Crippen molar-refractivity contribution in [1.82, 2.24) is 9.71 Å². The van der Waals surface area contributed by atoms with Crippen molar-refractivity contribution in [3.8, 4) is 0 Å². The number of hydrogen-bond acceptors (Lipinski definition) is 4. The van der Waals surface area contributed by atoms with Gasteiger partial charge in [0.1, 0.15) is 16.6 Å². The second-order valence-electron chi connectivity index (χ2n) is 4.82. The van der Waals surface area contributed by atoms with Crippen molar-refractivity contribution in [2.24, 2.45) is 0 Å². The SMILES string of the molecule is CCc1cnc(C(C)NS(=O)(=O)Cc2c(F)cccc2F)s1. The van der Waals surface area contributed by atoms with Crippen molar-refractivity contribution in [3.05, 3.63) is 51.5 Å². The second kappa shape index (κ2) is 6.80. The molecular formula is C14H16F2N2O2S2. The molecular weight excluding hydrogens is 330 g/mol. The minimum Gasteiger partial charge on any atom is -0.248 e. The molecule has 0 fully saturated rings. The van der Waals surface area contributed by atoms with Gasteiger partial charge in [0.05, 0.1) is 11.8 Å². The molecule has 0 aliphatic carbocycles. The van der Waals surface area contributed by atoms with Gasteiger partial charge in [0, 0.05) is 16.6 Å². The van der Waals surface area contributed by atoms with E-state index in [0.29, 0.717) is 5.01 Å². The summed E-state index contributed by atoms with van der Waals surface area (Å²) >= 11 is 1.41. The smallest absolute Gasteiger partial charge is 0.216 e. The van der Waals surface area contributed by atoms with E-state index in [2.05, 4.69) is 9.71 Å². The minimum atomic E-state index is -3.89. The van der Waals surface area contributed by atoms with Gasteiger partial charge >= 0.3 is 0 Å². The first-order valence-corrected chi connectivity index (χ1v) is 9.16. The van der Waals surface area contributed by atoms with Crippen LogP contribution in [-0.4, -0.2) is 13.4 Å². The molecule has 1 atom stereocenters. The van der Waals surface area contributed by atoms with E-state index in [9.17, 15) is 17.2 Å². The van der Waals surface area contributed by atoms with E-state index < -0.39 is 39.0 Å². The molecule has 0 aliphatic rings. The monoisotopic (exact) mass is 346 g/mol. The van der Waals surface area contributed by atoms with Gasteiger partial charge in [0.25, 0.3) is 0 Å². The minimum absolute atomic E-state index is 0.462. The predicted molar refractivity (Wildman–Crippen MR) is 82.0 cm³/mol. The molecule has 1 N–H and O–H groups in total. The average molecular weight is 346 g/mol. The molecule has 1 unspecified atom stereocenters. The van der Waals surface area contributed by atoms with Crippen molar-refractivity contribution in [2.45, 2.75) is 32.1 Å². The number of thiazole rings is 1. The number of aryl methyl sites for hydroxylation is 1. The van der Waals surface area contributed by atoms with E-state index >= 15 is 0 Å². The Balaban J connectivity index is 2.14. The number of hydrogen-bond donors (Lipinski definition) is 1. The van der Waals surface area contributed by atoms with E-state index in [1.165, 1.54) is 17.4 Å². The first-order valence-electron chi connectivity index (χ1n) is 6.70. The van der Waals surface area contributed by atoms with E-state index in [-0.39, 0.29) is 0 Å². The Morgan fingerprint density at radius 2 is 1.95 bits per heavy atom. The van der Waals surface area contributed by atoms with Gasteiger partial charge < -0.3 is 0 Å². The number of sulfonamides is 1. The Hall–Kier alpha value is -1.38. The summed E-state index contributed by atoms with van der Waals surface area (Å²) in [7, 11) is -3.89. The van der Waals surface area contributed by atoms with Crippen LogP contribution in [0.1, 0.15) is 35.3 Å². The maximum Gasteiger partial charge on any atom is 0.216 e. The summed E-state index contributed by atoms with van der Waals surface area (Å²) in [5.41, 5.74) is -0.462. The zero-order valence-electron chi connectivity index (χ0n) is 12.1. The van der Waals surface area contributed by atoms with E-state index in [4.69, 9.17) is 0 Å². The third kappa shape index (κ3) is 4.08. The molecule has 1 heterocycles. The second-order valence-corrected chi connectivity index (χ2v) is 7.72. The van der Waals surface area contributed by atoms with Crippen LogP contribution in [0.25, 0.3) is 0 Å². The van der Waals surface area contributed by atoms with E-state index in [1.54, 1.807) is 13.1 Å². The zero-order chi connectivity index (χ0) is 16.3. The van der Waals surface area contributed by atoms with Crippen molar-refractivity contribution in [2.75, 3.05) is 0 Å². The maximum absolute atomic E-state index is 13.5. The predicted octanol–water partition coefficient (Wildman–Crippen LogP) is 3.16. The lowest BCUT2D eigenvalue weighted by Crippen LogP contribution is -2.28. The molecule has 120 valence electrons. The van der Waals surface area contributed by atoms with Gasteiger partial charge in [0.15, 0.2) is 0 Å². The molecule has 8 heteroatoms. The highest BCUT2D eigenvalue weighted by atomic mass is 32.2. The van der Waals surface area contributed by atoms with Gasteiger partial charge in [-0.15, -0.1) is 11.3 Å². The van der Waals surface area contributed by atoms with Crippen LogP contribution >= 0.6 is 11.3 Å². The summed E-state index contributed by atoms with van der Waals surface area (Å²) in [6, 6.07) is 2.71. The fraction of sp³-hybridized carbons (Fsp3) is 0.357. The fourth-order valence-corrected chi connectivity index (χ4v) is 4.23. The van der Waals surface area contributed by atoms with Crippen LogP contribution in [-0.2, 0) is 22.2 Å². The Bertz CT molecular complexity index is 740. The van der Waals surface area contributed by atoms with Crippen LogP contribution in [0.2, 0.25) is 0 Å². The van der Waals surface area contributed by atoms with Gasteiger partial charge in [0.2, 0.25) is 10.0 Å². The van der Waals surface area contributed by atoms with Crippen LogP contribution in [0.15, 0.2) is 24.4 Å². The summed E-state index contributed by atoms with van der Waals surface area (Å²) in [6.45, 7) is 3.63. The summed E-state index contributed by atoms with van der Waals surface area (Å²) in [6.07, 6.45) is 2.51. The summed E-state index contributed by atoms with van der Waals surface area (Å²) < 4.78 is 53.7. The quantitative estimate of drug-likeness (QED) is 0.874. The lowest BCUT2D eigenvalue weighted by molar-refractivity contribution is 0.544. The molecule has 0 saturated heterocycles. The average Bonchev–Trinajstić information content (AvgIpc) is 2.91. The highest BCUT2D eigenvalue weighted by Gasteiger charge is 2.22. The van der Waals surface area contributed by atoms with Crippen molar-refractivity contribution in [1.29, 1.82) is 0 Å². The largest absolute Gasteiger partial charge is 0.248 e. The summed E-state index contributed by atoms with van der Waals surface area (Å²) in [4.78, 5) is 5.20. The van der Waals surface area contributed by atoms with Crippen molar-refractivity contribution in [3.63, 3.8) is 0 Å². The first-order chi connectivity index (χ1) is 10.3. The van der Waals surface area contributed by atoms with E-state index in [1.807, 2.05) is 6.92 Å². The Labute approximate surface area is 132 Å². The molecule has 0 radical (unpaired) electrons. The number of nitrogens with one attached hydrogen (secondary N) is 1. The normalized spacial score (nSPS) is 13.3. The molecule has 1 aromatic heterocycles. The zero-order valence-corrected chi connectivity index (χ0v) is 13.8. The van der Waals surface area contributed by atoms with Gasteiger partial charge in [-0.1, -0.05) is 13.0 Å². The third-order valence-corrected chi connectivity index (χ3v) is 5.75. The molecule has 0 saturated carbocycles. The number of benzene rings is 1. The summed E-state index contributed by atoms with van der Waals surface area (Å²) in [5.74, 6) is -2.50. The van der Waals surface area contributed by atoms with Crippen molar-refractivity contribution >= 4 is 21.4 Å². The molecule has 4 nitrogen and oxygen atoms in total. The van der Waals surface area contributed by atoms with Crippen LogP contribution in [0.5, 0.6) is 0 Å². The fourth-order valence-electron chi connectivity index (χ4n) is 1.91. The molecule has 0 amide bonds. The molecule has 2 aromatic rings. The number of aromatic nitrogens is 1. The number of halogens is 2. The Kier molecular flexibility index (Phi) is 5.25. The highest BCUT2D eigenvalue weighted by molar-refractivity contribution is 7.88. The number of rotatable bonds is 6. The Morgan fingerprint density at radius 3 is 2.50 bits per heavy atom. The topological polar surface area (TPSA) is 59.1 Å². The molecule has 0 bridgehead atoms. The molecule has 0 aliphatic heterocycles. The van der Waals surface area contributed by atoms with Crippen LogP contribution in [0.4, 0.5) is 8.78 Å².